The number of aliphatic hydroxyl groups excluding tert-OH is 1. The van der Waals surface area contributed by atoms with Gasteiger partial charge in [0.2, 0.25) is 11.8 Å². The number of nitrogens with two attached hydrogens (primary N) is 1. The third-order valence-corrected chi connectivity index (χ3v) is 5.20. The van der Waals surface area contributed by atoms with Gasteiger partial charge in [-0.2, -0.15) is 0 Å². The Kier molecular flexibility index (Phi) is 15.8. The second-order valence-electron chi connectivity index (χ2n) is 6.24. The number of carbonyl (C=O) groups excluding carboxylic acids is 4. The summed E-state index contributed by atoms with van der Waals surface area (Å²) in [6.45, 7) is 1.71. The first-order valence-corrected chi connectivity index (χ1v) is 11.3. The Morgan fingerprint density at radius 2 is 1.72 bits per heavy atom. The standard InChI is InChI=1S/C17H33N5O9S/c1-4-29-6-5-21-15(25)13(7-23)22-14(24)12(18)10-32(28)9-11(31-17(27)20-3)8-30-16(26)19-2/h11-13,23H,4-10,18H2,1-3H3,(H,19,26)(H,20,27)(H,21,25)(H,22,24)/t11-,12+,13+,32?/m1/s1. The molecule has 0 aromatic carbocycles. The van der Waals surface area contributed by atoms with Crippen molar-refractivity contribution in [3.63, 3.8) is 0 Å². The van der Waals surface area contributed by atoms with E-state index in [0.717, 1.165) is 0 Å². The molecule has 186 valence electrons. The first kappa shape index (κ1) is 29.5. The minimum Gasteiger partial charge on any atom is -0.446 e. The lowest BCUT2D eigenvalue weighted by atomic mass is 10.2. The molecule has 0 radical (unpaired) electrons. The van der Waals surface area contributed by atoms with Gasteiger partial charge in [-0.05, 0) is 6.92 Å². The molecule has 0 saturated carbocycles. The molecule has 0 aliphatic rings. The average Bonchev–Trinajstić information content (AvgIpc) is 2.77. The van der Waals surface area contributed by atoms with Crippen LogP contribution in [0.5, 0.6) is 0 Å². The van der Waals surface area contributed by atoms with Crippen molar-refractivity contribution in [1.29, 1.82) is 0 Å². The van der Waals surface area contributed by atoms with E-state index in [2.05, 4.69) is 21.3 Å². The summed E-state index contributed by atoms with van der Waals surface area (Å²) in [5.74, 6) is -2.02. The van der Waals surface area contributed by atoms with Gasteiger partial charge in [-0.15, -0.1) is 0 Å². The molecule has 15 heteroatoms. The summed E-state index contributed by atoms with van der Waals surface area (Å²) in [5, 5.41) is 18.6. The number of hydrogen-bond acceptors (Lipinski definition) is 10. The molecule has 14 nitrogen and oxygen atoms in total. The zero-order valence-corrected chi connectivity index (χ0v) is 19.2. The van der Waals surface area contributed by atoms with Crippen LogP contribution in [0.2, 0.25) is 0 Å². The Hall–Kier alpha value is -2.49. The maximum atomic E-state index is 12.4. The first-order chi connectivity index (χ1) is 15.2. The van der Waals surface area contributed by atoms with Crippen LogP contribution in [-0.4, -0.2) is 110 Å². The van der Waals surface area contributed by atoms with Crippen LogP contribution in [-0.2, 0) is 34.6 Å². The molecule has 0 heterocycles. The van der Waals surface area contributed by atoms with E-state index in [9.17, 15) is 28.5 Å². The number of hydrogen-bond donors (Lipinski definition) is 6. The summed E-state index contributed by atoms with van der Waals surface area (Å²) in [6.07, 6.45) is -2.65. The summed E-state index contributed by atoms with van der Waals surface area (Å²) in [6, 6.07) is -2.52. The highest BCUT2D eigenvalue weighted by molar-refractivity contribution is 7.85. The summed E-state index contributed by atoms with van der Waals surface area (Å²) in [4.78, 5) is 46.9. The molecule has 4 amide bonds. The Balaban J connectivity index is 4.71. The fourth-order valence-corrected chi connectivity index (χ4v) is 3.37. The number of ether oxygens (including phenoxy) is 3. The van der Waals surface area contributed by atoms with Crippen molar-refractivity contribution in [1.82, 2.24) is 21.3 Å². The zero-order valence-electron chi connectivity index (χ0n) is 18.4. The van der Waals surface area contributed by atoms with Gasteiger partial charge in [0, 0.05) is 43.8 Å². The Bertz CT molecular complexity index is 638. The largest absolute Gasteiger partial charge is 0.446 e. The fourth-order valence-electron chi connectivity index (χ4n) is 2.11. The molecular formula is C17H33N5O9S. The maximum Gasteiger partial charge on any atom is 0.407 e. The van der Waals surface area contributed by atoms with Crippen molar-refractivity contribution >= 4 is 34.8 Å². The van der Waals surface area contributed by atoms with Crippen molar-refractivity contribution in [2.45, 2.75) is 25.1 Å². The van der Waals surface area contributed by atoms with Crippen LogP contribution in [0.25, 0.3) is 0 Å². The Morgan fingerprint density at radius 3 is 2.28 bits per heavy atom. The van der Waals surface area contributed by atoms with E-state index in [4.69, 9.17) is 19.9 Å². The van der Waals surface area contributed by atoms with E-state index in [0.29, 0.717) is 6.61 Å². The summed E-state index contributed by atoms with van der Waals surface area (Å²) >= 11 is 0. The number of carbonyl (C=O) groups is 4. The van der Waals surface area contributed by atoms with Gasteiger partial charge in [0.05, 0.1) is 25.0 Å². The van der Waals surface area contributed by atoms with E-state index in [-0.39, 0.29) is 31.3 Å². The van der Waals surface area contributed by atoms with Gasteiger partial charge in [-0.25, -0.2) is 9.59 Å². The fraction of sp³-hybridized carbons (Fsp3) is 0.765. The van der Waals surface area contributed by atoms with E-state index >= 15 is 0 Å². The number of rotatable bonds is 15. The minimum absolute atomic E-state index is 0.194. The summed E-state index contributed by atoms with van der Waals surface area (Å²) < 4.78 is 27.3. The molecule has 0 aliphatic heterocycles. The summed E-state index contributed by atoms with van der Waals surface area (Å²) in [5.41, 5.74) is 5.75. The Labute approximate surface area is 188 Å². The predicted molar refractivity (Wildman–Crippen MR) is 114 cm³/mol. The van der Waals surface area contributed by atoms with Crippen molar-refractivity contribution in [2.24, 2.45) is 5.73 Å². The van der Waals surface area contributed by atoms with Gasteiger partial charge in [0.15, 0.2) is 0 Å². The van der Waals surface area contributed by atoms with Gasteiger partial charge in [-0.1, -0.05) is 0 Å². The molecule has 0 bridgehead atoms. The molecule has 0 spiro atoms. The van der Waals surface area contributed by atoms with Crippen molar-refractivity contribution < 1.29 is 42.7 Å². The molecule has 0 aliphatic carbocycles. The lowest BCUT2D eigenvalue weighted by Crippen LogP contribution is -2.54. The normalized spacial score (nSPS) is 14.3. The molecule has 1 unspecified atom stereocenters. The molecule has 7 N–H and O–H groups in total. The molecule has 0 rings (SSSR count). The quantitative estimate of drug-likeness (QED) is 0.128. The lowest BCUT2D eigenvalue weighted by molar-refractivity contribution is -0.130. The third-order valence-electron chi connectivity index (χ3n) is 3.72. The molecule has 0 saturated heterocycles. The zero-order chi connectivity index (χ0) is 24.5. The molecule has 0 fully saturated rings. The van der Waals surface area contributed by atoms with Crippen LogP contribution < -0.4 is 27.0 Å². The number of amides is 4. The molecule has 0 aromatic rings. The maximum absolute atomic E-state index is 12.4. The Morgan fingerprint density at radius 1 is 1.06 bits per heavy atom. The van der Waals surface area contributed by atoms with Crippen LogP contribution in [0, 0.1) is 0 Å². The first-order valence-electron chi connectivity index (χ1n) is 9.78. The van der Waals surface area contributed by atoms with E-state index in [1.165, 1.54) is 14.1 Å². The number of aliphatic hydroxyl groups is 1. The smallest absolute Gasteiger partial charge is 0.407 e. The molecule has 0 aromatic heterocycles. The summed E-state index contributed by atoms with van der Waals surface area (Å²) in [7, 11) is 0.906. The van der Waals surface area contributed by atoms with Gasteiger partial charge in [-0.3, -0.25) is 13.8 Å². The highest BCUT2D eigenvalue weighted by atomic mass is 32.2. The topological polar surface area (TPSA) is 207 Å². The minimum atomic E-state index is -1.75. The van der Waals surface area contributed by atoms with Crippen LogP contribution >= 0.6 is 0 Å². The van der Waals surface area contributed by atoms with Gasteiger partial charge in [0.1, 0.15) is 18.8 Å². The monoisotopic (exact) mass is 483 g/mol. The molecule has 32 heavy (non-hydrogen) atoms. The van der Waals surface area contributed by atoms with Gasteiger partial charge in [0.25, 0.3) is 0 Å². The predicted octanol–water partition coefficient (Wildman–Crippen LogP) is -3.23. The lowest BCUT2D eigenvalue weighted by Gasteiger charge is -2.20. The van der Waals surface area contributed by atoms with Crippen molar-refractivity contribution in [3.05, 3.63) is 0 Å². The second-order valence-corrected chi connectivity index (χ2v) is 7.78. The van der Waals surface area contributed by atoms with Crippen molar-refractivity contribution in [2.75, 3.05) is 58.6 Å². The molecule has 4 atom stereocenters. The van der Waals surface area contributed by atoms with Crippen LogP contribution in [0.15, 0.2) is 0 Å². The highest BCUT2D eigenvalue weighted by Gasteiger charge is 2.26. The van der Waals surface area contributed by atoms with Gasteiger partial charge < -0.3 is 46.3 Å². The van der Waals surface area contributed by atoms with E-state index in [1.54, 1.807) is 6.92 Å². The van der Waals surface area contributed by atoms with E-state index < -0.39 is 59.6 Å². The second kappa shape index (κ2) is 17.1. The SMILES string of the molecule is CCOCCNC(=O)[C@H](CO)NC(=O)[C@@H](N)CS(=O)C[C@@H](COC(=O)NC)OC(=O)NC. The average molecular weight is 484 g/mol. The van der Waals surface area contributed by atoms with Crippen molar-refractivity contribution in [3.8, 4) is 0 Å². The molecular weight excluding hydrogens is 450 g/mol. The van der Waals surface area contributed by atoms with E-state index in [1.807, 2.05) is 0 Å². The highest BCUT2D eigenvalue weighted by Crippen LogP contribution is 2.01. The number of alkyl carbamates (subject to hydrolysis) is 2. The van der Waals surface area contributed by atoms with Crippen LogP contribution in [0.3, 0.4) is 0 Å². The number of nitrogens with one attached hydrogen (secondary N) is 4. The third kappa shape index (κ3) is 13.0. The van der Waals surface area contributed by atoms with Crippen LogP contribution in [0.1, 0.15) is 6.92 Å². The van der Waals surface area contributed by atoms with Gasteiger partial charge >= 0.3 is 12.2 Å². The van der Waals surface area contributed by atoms with Crippen LogP contribution in [0.4, 0.5) is 9.59 Å².